The molecule has 0 aliphatic carbocycles. The van der Waals surface area contributed by atoms with Gasteiger partial charge >= 0.3 is 0 Å². The smallest absolute Gasteiger partial charge is 0.225 e. The Morgan fingerprint density at radius 1 is 1.29 bits per heavy atom. The maximum absolute atomic E-state index is 5.75. The van der Waals surface area contributed by atoms with Crippen molar-refractivity contribution in [3.05, 3.63) is 18.0 Å². The highest BCUT2D eigenvalue weighted by molar-refractivity contribution is 6.17. The van der Waals surface area contributed by atoms with Crippen LogP contribution < -0.4 is 4.90 Å². The van der Waals surface area contributed by atoms with Gasteiger partial charge in [0.05, 0.1) is 5.88 Å². The lowest BCUT2D eigenvalue weighted by molar-refractivity contribution is 0.294. The van der Waals surface area contributed by atoms with Crippen LogP contribution in [0.25, 0.3) is 0 Å². The van der Waals surface area contributed by atoms with E-state index in [0.717, 1.165) is 18.1 Å². The van der Waals surface area contributed by atoms with Crippen molar-refractivity contribution in [2.75, 3.05) is 11.4 Å². The van der Waals surface area contributed by atoms with Gasteiger partial charge in [-0.25, -0.2) is 9.97 Å². The lowest BCUT2D eigenvalue weighted by atomic mass is 9.86. The van der Waals surface area contributed by atoms with E-state index in [0.29, 0.717) is 23.8 Å². The molecule has 1 aliphatic heterocycles. The molecule has 1 aliphatic rings. The van der Waals surface area contributed by atoms with Gasteiger partial charge in [-0.3, -0.25) is 0 Å². The molecule has 3 unspecified atom stereocenters. The number of halogens is 1. The van der Waals surface area contributed by atoms with E-state index in [4.69, 9.17) is 11.6 Å². The maximum Gasteiger partial charge on any atom is 0.225 e. The Kier molecular flexibility index (Phi) is 3.87. The molecule has 2 rings (SSSR count). The Morgan fingerprint density at radius 2 is 1.94 bits per heavy atom. The fourth-order valence-corrected chi connectivity index (χ4v) is 2.68. The third-order valence-electron chi connectivity index (χ3n) is 3.70. The minimum atomic E-state index is 0.475. The van der Waals surface area contributed by atoms with Crippen molar-refractivity contribution in [2.24, 2.45) is 11.8 Å². The molecule has 0 spiro atoms. The first-order chi connectivity index (χ1) is 8.11. The van der Waals surface area contributed by atoms with Crippen LogP contribution in [0.15, 0.2) is 12.4 Å². The van der Waals surface area contributed by atoms with E-state index in [2.05, 4.69) is 35.6 Å². The van der Waals surface area contributed by atoms with E-state index in [-0.39, 0.29) is 0 Å². The first-order valence-corrected chi connectivity index (χ1v) is 6.78. The van der Waals surface area contributed by atoms with Crippen LogP contribution in [0.5, 0.6) is 0 Å². The lowest BCUT2D eigenvalue weighted by Gasteiger charge is -2.41. The van der Waals surface area contributed by atoms with E-state index < -0.39 is 0 Å². The monoisotopic (exact) mass is 253 g/mol. The molecule has 2 heterocycles. The van der Waals surface area contributed by atoms with Gasteiger partial charge in [0, 0.05) is 30.5 Å². The first-order valence-electron chi connectivity index (χ1n) is 6.25. The fourth-order valence-electron chi connectivity index (χ4n) is 2.54. The molecular weight excluding hydrogens is 234 g/mol. The first kappa shape index (κ1) is 12.6. The topological polar surface area (TPSA) is 29.0 Å². The molecule has 1 fully saturated rings. The highest BCUT2D eigenvalue weighted by Crippen LogP contribution is 2.29. The van der Waals surface area contributed by atoms with Crippen LogP contribution in [0.2, 0.25) is 0 Å². The third kappa shape index (κ3) is 2.71. The van der Waals surface area contributed by atoms with Gasteiger partial charge in [0.1, 0.15) is 0 Å². The van der Waals surface area contributed by atoms with Crippen molar-refractivity contribution in [1.82, 2.24) is 9.97 Å². The van der Waals surface area contributed by atoms with Crippen LogP contribution in [-0.4, -0.2) is 22.6 Å². The molecule has 17 heavy (non-hydrogen) atoms. The molecule has 3 nitrogen and oxygen atoms in total. The van der Waals surface area contributed by atoms with E-state index in [1.165, 1.54) is 6.42 Å². The average molecular weight is 254 g/mol. The van der Waals surface area contributed by atoms with E-state index in [1.807, 2.05) is 12.4 Å². The van der Waals surface area contributed by atoms with Gasteiger partial charge in [-0.15, -0.1) is 11.6 Å². The molecule has 0 bridgehead atoms. The minimum Gasteiger partial charge on any atom is -0.338 e. The summed E-state index contributed by atoms with van der Waals surface area (Å²) in [5.74, 6) is 2.71. The normalized spacial score (nSPS) is 29.4. The Morgan fingerprint density at radius 3 is 2.53 bits per heavy atom. The third-order valence-corrected chi connectivity index (χ3v) is 4.01. The van der Waals surface area contributed by atoms with Gasteiger partial charge in [0.25, 0.3) is 0 Å². The Balaban J connectivity index is 2.19. The van der Waals surface area contributed by atoms with Crippen molar-refractivity contribution < 1.29 is 0 Å². The molecule has 94 valence electrons. The summed E-state index contributed by atoms with van der Waals surface area (Å²) >= 11 is 5.75. The van der Waals surface area contributed by atoms with Crippen LogP contribution in [-0.2, 0) is 5.88 Å². The number of piperidine rings is 1. The average Bonchev–Trinajstić information content (AvgIpc) is 2.34. The standard InChI is InChI=1S/C13H20ClN3/c1-9-4-10(2)11(3)17(8-9)13-15-6-12(5-14)7-16-13/h6-7,9-11H,4-5,8H2,1-3H3. The Labute approximate surface area is 108 Å². The Bertz CT molecular complexity index is 365. The van der Waals surface area contributed by atoms with Gasteiger partial charge in [-0.2, -0.15) is 0 Å². The Hall–Kier alpha value is -0.830. The summed E-state index contributed by atoms with van der Waals surface area (Å²) in [6.45, 7) is 7.91. The number of aromatic nitrogens is 2. The van der Waals surface area contributed by atoms with Crippen molar-refractivity contribution in [1.29, 1.82) is 0 Å². The van der Waals surface area contributed by atoms with Crippen LogP contribution in [0.4, 0.5) is 5.95 Å². The molecule has 1 aromatic rings. The molecule has 4 heteroatoms. The zero-order valence-electron chi connectivity index (χ0n) is 10.7. The van der Waals surface area contributed by atoms with Crippen molar-refractivity contribution in [3.63, 3.8) is 0 Å². The second-order valence-electron chi connectivity index (χ2n) is 5.24. The molecular formula is C13H20ClN3. The van der Waals surface area contributed by atoms with Gasteiger partial charge in [-0.1, -0.05) is 13.8 Å². The molecule has 0 saturated carbocycles. The van der Waals surface area contributed by atoms with Crippen molar-refractivity contribution >= 4 is 17.5 Å². The van der Waals surface area contributed by atoms with E-state index >= 15 is 0 Å². The number of hydrogen-bond donors (Lipinski definition) is 0. The molecule has 0 N–H and O–H groups in total. The summed E-state index contributed by atoms with van der Waals surface area (Å²) in [7, 11) is 0. The summed E-state index contributed by atoms with van der Waals surface area (Å²) < 4.78 is 0. The summed E-state index contributed by atoms with van der Waals surface area (Å²) in [5.41, 5.74) is 0.973. The van der Waals surface area contributed by atoms with Gasteiger partial charge in [-0.05, 0) is 25.2 Å². The van der Waals surface area contributed by atoms with Crippen LogP contribution in [0, 0.1) is 11.8 Å². The second kappa shape index (κ2) is 5.21. The molecule has 0 radical (unpaired) electrons. The molecule has 1 saturated heterocycles. The highest BCUT2D eigenvalue weighted by atomic mass is 35.5. The summed E-state index contributed by atoms with van der Waals surface area (Å²) in [6.07, 6.45) is 4.94. The fraction of sp³-hybridized carbons (Fsp3) is 0.692. The molecule has 3 atom stereocenters. The SMILES string of the molecule is CC1CC(C)C(C)N(c2ncc(CCl)cn2)C1. The van der Waals surface area contributed by atoms with Gasteiger partial charge in [0.2, 0.25) is 5.95 Å². The van der Waals surface area contributed by atoms with Crippen molar-refractivity contribution in [3.8, 4) is 0 Å². The minimum absolute atomic E-state index is 0.475. The maximum atomic E-state index is 5.75. The number of hydrogen-bond acceptors (Lipinski definition) is 3. The number of alkyl halides is 1. The molecule has 1 aromatic heterocycles. The number of rotatable bonds is 2. The van der Waals surface area contributed by atoms with Crippen LogP contribution in [0.1, 0.15) is 32.8 Å². The van der Waals surface area contributed by atoms with Crippen molar-refractivity contribution in [2.45, 2.75) is 39.1 Å². The van der Waals surface area contributed by atoms with E-state index in [9.17, 15) is 0 Å². The summed E-state index contributed by atoms with van der Waals surface area (Å²) in [6, 6.07) is 0.507. The summed E-state index contributed by atoms with van der Waals surface area (Å²) in [5, 5.41) is 0. The lowest BCUT2D eigenvalue weighted by Crippen LogP contribution is -2.46. The zero-order chi connectivity index (χ0) is 12.4. The predicted octanol–water partition coefficient (Wildman–Crippen LogP) is 3.09. The van der Waals surface area contributed by atoms with Crippen LogP contribution in [0.3, 0.4) is 0 Å². The van der Waals surface area contributed by atoms with Crippen LogP contribution >= 0.6 is 11.6 Å². The number of nitrogens with zero attached hydrogens (tertiary/aromatic N) is 3. The molecule has 0 amide bonds. The largest absolute Gasteiger partial charge is 0.338 e. The van der Waals surface area contributed by atoms with Gasteiger partial charge in [0.15, 0.2) is 0 Å². The number of anilines is 1. The summed E-state index contributed by atoms with van der Waals surface area (Å²) in [4.78, 5) is 11.2. The predicted molar refractivity (Wildman–Crippen MR) is 71.3 cm³/mol. The van der Waals surface area contributed by atoms with E-state index in [1.54, 1.807) is 0 Å². The quantitative estimate of drug-likeness (QED) is 0.759. The molecule has 0 aromatic carbocycles. The zero-order valence-corrected chi connectivity index (χ0v) is 11.5. The van der Waals surface area contributed by atoms with Gasteiger partial charge < -0.3 is 4.90 Å². The highest BCUT2D eigenvalue weighted by Gasteiger charge is 2.30. The second-order valence-corrected chi connectivity index (χ2v) is 5.50.